The van der Waals surface area contributed by atoms with Gasteiger partial charge < -0.3 is 0 Å². The number of aliphatic imine (C=N–C) groups is 1. The zero-order valence-corrected chi connectivity index (χ0v) is 5.75. The van der Waals surface area contributed by atoms with Crippen LogP contribution in [0.2, 0.25) is 0 Å². The molecule has 0 N–H and O–H groups in total. The van der Waals surface area contributed by atoms with E-state index in [1.807, 2.05) is 12.3 Å². The van der Waals surface area contributed by atoms with Crippen LogP contribution in [0.15, 0.2) is 21.0 Å². The average Bonchev–Trinajstić information content (AvgIpc) is 1.77. The number of thioether (sulfide) groups is 1. The van der Waals surface area contributed by atoms with Crippen LogP contribution < -0.4 is 0 Å². The summed E-state index contributed by atoms with van der Waals surface area (Å²) in [6, 6.07) is 0. The Morgan fingerprint density at radius 3 is 2.75 bits per heavy atom. The normalized spacial score (nSPS) is 17.8. The van der Waals surface area contributed by atoms with E-state index in [9.17, 15) is 0 Å². The van der Waals surface area contributed by atoms with Gasteiger partial charge >= 0.3 is 0 Å². The third-order valence-corrected chi connectivity index (χ3v) is 1.90. The van der Waals surface area contributed by atoms with Crippen LogP contribution in [-0.4, -0.2) is 5.87 Å². The first kappa shape index (κ1) is 5.67. The van der Waals surface area contributed by atoms with Gasteiger partial charge in [0.15, 0.2) is 0 Å². The Hall–Kier alpha value is -0.460. The van der Waals surface area contributed by atoms with Crippen LogP contribution in [0, 0.1) is 0 Å². The minimum atomic E-state index is 1.08. The minimum Gasteiger partial charge on any atom is -0.210 e. The molecule has 0 saturated carbocycles. The largest absolute Gasteiger partial charge is 0.210 e. The standard InChI is InChI=1S/C6H7NS/c1-5-6(2)8-4-3-7-5/h4H,1-2H3. The predicted molar refractivity (Wildman–Crippen MR) is 38.0 cm³/mol. The molecule has 1 aliphatic heterocycles. The van der Waals surface area contributed by atoms with Crippen LogP contribution in [0.5, 0.6) is 0 Å². The fourth-order valence-electron chi connectivity index (χ4n) is 0.402. The summed E-state index contributed by atoms with van der Waals surface area (Å²) < 4.78 is 0. The first-order valence-corrected chi connectivity index (χ1v) is 3.31. The van der Waals surface area contributed by atoms with Crippen LogP contribution in [-0.2, 0) is 0 Å². The van der Waals surface area contributed by atoms with Gasteiger partial charge in [-0.1, -0.05) is 11.8 Å². The molecular weight excluding hydrogens is 118 g/mol. The number of hydrogen-bond donors (Lipinski definition) is 0. The third kappa shape index (κ3) is 1.03. The molecule has 8 heavy (non-hydrogen) atoms. The number of allylic oxidation sites excluding steroid dienone is 2. The monoisotopic (exact) mass is 125 g/mol. The summed E-state index contributed by atoms with van der Waals surface area (Å²) in [5.74, 6) is 2.77. The van der Waals surface area contributed by atoms with Gasteiger partial charge in [0, 0.05) is 10.3 Å². The van der Waals surface area contributed by atoms with Crippen molar-refractivity contribution in [1.82, 2.24) is 0 Å². The fraction of sp³-hybridized carbons (Fsp3) is 0.333. The van der Waals surface area contributed by atoms with Gasteiger partial charge in [-0.15, -0.1) is 0 Å². The molecule has 0 saturated heterocycles. The molecule has 2 heteroatoms. The summed E-state index contributed by atoms with van der Waals surface area (Å²) in [5.41, 5.74) is 1.08. The molecule has 1 rings (SSSR count). The van der Waals surface area contributed by atoms with Gasteiger partial charge in [-0.25, -0.2) is 4.99 Å². The topological polar surface area (TPSA) is 12.4 Å². The van der Waals surface area contributed by atoms with E-state index in [1.54, 1.807) is 11.8 Å². The quantitative estimate of drug-likeness (QED) is 0.483. The van der Waals surface area contributed by atoms with E-state index in [2.05, 4.69) is 17.8 Å². The second-order valence-electron chi connectivity index (χ2n) is 1.62. The summed E-state index contributed by atoms with van der Waals surface area (Å²) in [6.07, 6.45) is 0. The highest BCUT2D eigenvalue weighted by molar-refractivity contribution is 8.06. The highest BCUT2D eigenvalue weighted by Crippen LogP contribution is 2.21. The van der Waals surface area contributed by atoms with Gasteiger partial charge in [-0.3, -0.25) is 0 Å². The molecule has 42 valence electrons. The maximum absolute atomic E-state index is 3.96. The van der Waals surface area contributed by atoms with Crippen molar-refractivity contribution < 1.29 is 0 Å². The second-order valence-corrected chi connectivity index (χ2v) is 2.70. The second kappa shape index (κ2) is 2.21. The first-order chi connectivity index (χ1) is 3.80. The summed E-state index contributed by atoms with van der Waals surface area (Å²) in [4.78, 5) is 5.23. The van der Waals surface area contributed by atoms with Crippen LogP contribution >= 0.6 is 11.8 Å². The molecule has 0 atom stereocenters. The number of rotatable bonds is 0. The van der Waals surface area contributed by atoms with Gasteiger partial charge in [0.2, 0.25) is 0 Å². The Morgan fingerprint density at radius 2 is 2.38 bits per heavy atom. The van der Waals surface area contributed by atoms with Gasteiger partial charge in [0.1, 0.15) is 0 Å². The Labute approximate surface area is 53.2 Å². The number of hydrogen-bond acceptors (Lipinski definition) is 2. The minimum absolute atomic E-state index is 1.08. The van der Waals surface area contributed by atoms with Crippen molar-refractivity contribution in [2.24, 2.45) is 4.99 Å². The van der Waals surface area contributed by atoms with Crippen molar-refractivity contribution in [3.8, 4) is 0 Å². The van der Waals surface area contributed by atoms with Crippen molar-refractivity contribution in [2.45, 2.75) is 13.8 Å². The maximum Gasteiger partial charge on any atom is 0.0568 e. The molecule has 0 spiro atoms. The molecule has 1 aliphatic rings. The molecule has 0 aliphatic carbocycles. The molecule has 0 bridgehead atoms. The van der Waals surface area contributed by atoms with Gasteiger partial charge in [-0.2, -0.15) is 0 Å². The maximum atomic E-state index is 3.96. The van der Waals surface area contributed by atoms with Crippen molar-refractivity contribution in [3.05, 3.63) is 16.0 Å². The predicted octanol–water partition coefficient (Wildman–Crippen LogP) is 2.17. The van der Waals surface area contributed by atoms with Gasteiger partial charge in [0.25, 0.3) is 0 Å². The molecule has 0 aromatic rings. The SMILES string of the molecule is CC1=C(C)SC=C=N1. The Morgan fingerprint density at radius 1 is 1.62 bits per heavy atom. The van der Waals surface area contributed by atoms with E-state index in [1.165, 1.54) is 4.91 Å². The van der Waals surface area contributed by atoms with E-state index in [4.69, 9.17) is 0 Å². The van der Waals surface area contributed by atoms with Crippen LogP contribution in [0.4, 0.5) is 0 Å². The fourth-order valence-corrected chi connectivity index (χ4v) is 0.900. The summed E-state index contributed by atoms with van der Waals surface area (Å²) in [7, 11) is 0. The van der Waals surface area contributed by atoms with Crippen molar-refractivity contribution in [2.75, 3.05) is 0 Å². The molecule has 0 radical (unpaired) electrons. The lowest BCUT2D eigenvalue weighted by Crippen LogP contribution is -1.77. The van der Waals surface area contributed by atoms with Crippen molar-refractivity contribution >= 4 is 17.6 Å². The van der Waals surface area contributed by atoms with Crippen LogP contribution in [0.1, 0.15) is 13.8 Å². The number of nitrogens with zero attached hydrogens (tertiary/aromatic N) is 1. The highest BCUT2D eigenvalue weighted by Gasteiger charge is 1.94. The van der Waals surface area contributed by atoms with E-state index in [0.29, 0.717) is 0 Å². The molecule has 1 heterocycles. The lowest BCUT2D eigenvalue weighted by Gasteiger charge is -1.98. The third-order valence-electron chi connectivity index (χ3n) is 1.03. The average molecular weight is 125 g/mol. The molecule has 0 amide bonds. The van der Waals surface area contributed by atoms with E-state index in [0.717, 1.165) is 5.70 Å². The summed E-state index contributed by atoms with van der Waals surface area (Å²) in [6.45, 7) is 4.04. The smallest absolute Gasteiger partial charge is 0.0568 e. The zero-order valence-electron chi connectivity index (χ0n) is 4.93. The van der Waals surface area contributed by atoms with E-state index >= 15 is 0 Å². The van der Waals surface area contributed by atoms with Gasteiger partial charge in [0.05, 0.1) is 5.70 Å². The first-order valence-electron chi connectivity index (χ1n) is 2.43. The van der Waals surface area contributed by atoms with Crippen molar-refractivity contribution in [1.29, 1.82) is 0 Å². The Kier molecular flexibility index (Phi) is 1.56. The molecular formula is C6H7NS. The van der Waals surface area contributed by atoms with Gasteiger partial charge in [-0.05, 0) is 19.7 Å². The Bertz CT molecular complexity index is 185. The van der Waals surface area contributed by atoms with Crippen molar-refractivity contribution in [3.63, 3.8) is 0 Å². The molecule has 0 aromatic heterocycles. The van der Waals surface area contributed by atoms with Crippen LogP contribution in [0.25, 0.3) is 0 Å². The zero-order chi connectivity index (χ0) is 5.98. The lowest BCUT2D eigenvalue weighted by molar-refractivity contribution is 1.28. The molecule has 1 nitrogen and oxygen atoms in total. The molecule has 0 aromatic carbocycles. The van der Waals surface area contributed by atoms with E-state index in [-0.39, 0.29) is 0 Å². The highest BCUT2D eigenvalue weighted by atomic mass is 32.2. The summed E-state index contributed by atoms with van der Waals surface area (Å²) >= 11 is 1.68. The lowest BCUT2D eigenvalue weighted by atomic mass is 10.5. The molecule has 0 unspecified atom stereocenters. The summed E-state index contributed by atoms with van der Waals surface area (Å²) in [5, 5.41) is 1.86. The van der Waals surface area contributed by atoms with E-state index < -0.39 is 0 Å². The van der Waals surface area contributed by atoms with Crippen LogP contribution in [0.3, 0.4) is 0 Å². The molecule has 0 fully saturated rings. The Balaban J connectivity index is 2.93.